The third-order valence-electron chi connectivity index (χ3n) is 10.8. The van der Waals surface area contributed by atoms with Crippen molar-refractivity contribution >= 4 is 56.7 Å². The van der Waals surface area contributed by atoms with Crippen LogP contribution in [0.5, 0.6) is 0 Å². The van der Waals surface area contributed by atoms with Crippen LogP contribution in [0, 0.1) is 0 Å². The maximum absolute atomic E-state index is 2.30. The highest BCUT2D eigenvalue weighted by Gasteiger charge is 2.16. The molecule has 0 spiro atoms. The van der Waals surface area contributed by atoms with E-state index in [4.69, 9.17) is 0 Å². The number of para-hydroxylation sites is 4. The molecule has 0 radical (unpaired) electrons. The van der Waals surface area contributed by atoms with Gasteiger partial charge in [0.25, 0.3) is 0 Å². The largest absolute Gasteiger partial charge is 0.378 e. The van der Waals surface area contributed by atoms with E-state index >= 15 is 0 Å². The summed E-state index contributed by atoms with van der Waals surface area (Å²) >= 11 is 0. The molecule has 0 saturated heterocycles. The van der Waals surface area contributed by atoms with Crippen molar-refractivity contribution in [1.29, 1.82) is 0 Å². The van der Waals surface area contributed by atoms with Gasteiger partial charge in [0.15, 0.2) is 5.71 Å². The Balaban J connectivity index is 1.19. The van der Waals surface area contributed by atoms with E-state index in [1.165, 1.54) is 0 Å². The molecule has 1 aliphatic rings. The second-order valence-electron chi connectivity index (χ2n) is 15.3. The van der Waals surface area contributed by atoms with Crippen molar-refractivity contribution in [2.24, 2.45) is 0 Å². The summed E-state index contributed by atoms with van der Waals surface area (Å²) < 4.78 is 2.14. The summed E-state index contributed by atoms with van der Waals surface area (Å²) in [4.78, 5) is 6.73. The fourth-order valence-corrected chi connectivity index (χ4v) is 7.62. The monoisotopic (exact) mass is 791 g/mol. The highest BCUT2D eigenvalue weighted by atomic mass is 15.1. The third kappa shape index (κ3) is 9.46. The van der Waals surface area contributed by atoms with Crippen molar-refractivity contribution in [2.75, 3.05) is 42.9 Å². The van der Waals surface area contributed by atoms with Gasteiger partial charge in [0, 0.05) is 66.1 Å². The van der Waals surface area contributed by atoms with Crippen LogP contribution in [0.4, 0.5) is 39.8 Å². The van der Waals surface area contributed by atoms with Crippen LogP contribution in [-0.2, 0) is 0 Å². The minimum absolute atomic E-state index is 1.09. The highest BCUT2D eigenvalue weighted by Crippen LogP contribution is 2.37. The molecule has 7 aromatic rings. The summed E-state index contributed by atoms with van der Waals surface area (Å²) in [5.74, 6) is 0. The molecule has 0 aliphatic heterocycles. The summed E-state index contributed by atoms with van der Waals surface area (Å²) in [5, 5.41) is 0. The van der Waals surface area contributed by atoms with Gasteiger partial charge in [-0.05, 0) is 130 Å². The molecule has 0 fully saturated rings. The molecular weight excluding hydrogens is 741 g/mol. The number of benzene rings is 7. The molecule has 1 aliphatic carbocycles. The van der Waals surface area contributed by atoms with E-state index in [2.05, 4.69) is 284 Å². The van der Waals surface area contributed by atoms with Crippen LogP contribution < -0.4 is 14.7 Å². The molecule has 0 saturated carbocycles. The van der Waals surface area contributed by atoms with Gasteiger partial charge >= 0.3 is 0 Å². The van der Waals surface area contributed by atoms with Gasteiger partial charge in [-0.25, -0.2) is 4.58 Å². The first-order valence-corrected chi connectivity index (χ1v) is 20.7. The van der Waals surface area contributed by atoms with Crippen LogP contribution in [0.3, 0.4) is 0 Å². The van der Waals surface area contributed by atoms with Crippen molar-refractivity contribution in [2.45, 2.75) is 0 Å². The van der Waals surface area contributed by atoms with Gasteiger partial charge in [0.2, 0.25) is 0 Å². The van der Waals surface area contributed by atoms with E-state index in [1.807, 2.05) is 0 Å². The molecule has 4 nitrogen and oxygen atoms in total. The van der Waals surface area contributed by atoms with Crippen molar-refractivity contribution in [3.05, 3.63) is 259 Å². The average molecular weight is 792 g/mol. The van der Waals surface area contributed by atoms with Crippen LogP contribution in [0.1, 0.15) is 16.7 Å². The van der Waals surface area contributed by atoms with E-state index in [1.54, 1.807) is 0 Å². The number of hydrogen-bond donors (Lipinski definition) is 0. The molecule has 0 N–H and O–H groups in total. The lowest BCUT2D eigenvalue weighted by molar-refractivity contribution is -0.462. The number of nitrogens with zero attached hydrogens (tertiary/aromatic N) is 4. The van der Waals surface area contributed by atoms with Crippen molar-refractivity contribution in [1.82, 2.24) is 0 Å². The molecule has 298 valence electrons. The molecule has 0 aromatic heterocycles. The van der Waals surface area contributed by atoms with E-state index < -0.39 is 0 Å². The Labute approximate surface area is 361 Å². The van der Waals surface area contributed by atoms with Crippen LogP contribution in [0.25, 0.3) is 11.1 Å². The lowest BCUT2D eigenvalue weighted by Crippen LogP contribution is -2.10. The van der Waals surface area contributed by atoms with Crippen LogP contribution in [0.15, 0.2) is 242 Å². The molecule has 0 amide bonds. The van der Waals surface area contributed by atoms with E-state index in [-0.39, 0.29) is 0 Å². The first-order valence-electron chi connectivity index (χ1n) is 20.7. The molecule has 61 heavy (non-hydrogen) atoms. The van der Waals surface area contributed by atoms with Gasteiger partial charge in [-0.2, -0.15) is 0 Å². The van der Waals surface area contributed by atoms with Gasteiger partial charge in [0.1, 0.15) is 14.1 Å². The zero-order chi connectivity index (χ0) is 42.0. The Morgan fingerprint density at radius 1 is 0.393 bits per heavy atom. The Kier molecular flexibility index (Phi) is 12.4. The molecule has 0 heterocycles. The number of anilines is 7. The smallest absolute Gasteiger partial charge is 0.199 e. The fraction of sp³-hybridized carbons (Fsp3) is 0.0702. The van der Waals surface area contributed by atoms with Crippen LogP contribution >= 0.6 is 0 Å². The number of allylic oxidation sites excluding steroid dienone is 9. The minimum Gasteiger partial charge on any atom is -0.378 e. The van der Waals surface area contributed by atoms with E-state index in [0.29, 0.717) is 0 Å². The third-order valence-corrected chi connectivity index (χ3v) is 10.8. The van der Waals surface area contributed by atoms with E-state index in [0.717, 1.165) is 78.9 Å². The number of hydrogen-bond acceptors (Lipinski definition) is 3. The average Bonchev–Trinajstić information content (AvgIpc) is 3.31. The number of rotatable bonds is 12. The summed E-state index contributed by atoms with van der Waals surface area (Å²) in [7, 11) is 8.31. The lowest BCUT2D eigenvalue weighted by Gasteiger charge is -2.25. The van der Waals surface area contributed by atoms with Gasteiger partial charge < -0.3 is 14.7 Å². The predicted octanol–water partition coefficient (Wildman–Crippen LogP) is 14.0. The Morgan fingerprint density at radius 2 is 0.738 bits per heavy atom. The molecule has 0 unspecified atom stereocenters. The zero-order valence-corrected chi connectivity index (χ0v) is 35.3. The van der Waals surface area contributed by atoms with E-state index in [9.17, 15) is 0 Å². The molecule has 0 atom stereocenters. The van der Waals surface area contributed by atoms with Gasteiger partial charge in [0.05, 0.1) is 0 Å². The SMILES string of the molecule is CN(C)c1ccc(/C(=C/C=C/C(=C2C=CC(=[N+](C)C)C=C2)c2ccc(N(c3ccccc3)c3ccccc3)cc2)c2ccc(N(c3ccccc3)c3ccccc3)cc2)cc1. The Bertz CT molecular complexity index is 2620. The predicted molar refractivity (Wildman–Crippen MR) is 262 cm³/mol. The second-order valence-corrected chi connectivity index (χ2v) is 15.3. The lowest BCUT2D eigenvalue weighted by atomic mass is 9.94. The Morgan fingerprint density at radius 3 is 1.10 bits per heavy atom. The van der Waals surface area contributed by atoms with Crippen LogP contribution in [-0.4, -0.2) is 38.5 Å². The maximum Gasteiger partial charge on any atom is 0.199 e. The van der Waals surface area contributed by atoms with Crippen molar-refractivity contribution in [3.8, 4) is 0 Å². The van der Waals surface area contributed by atoms with Gasteiger partial charge in [-0.3, -0.25) is 0 Å². The first-order chi connectivity index (χ1) is 29.9. The molecule has 7 aromatic carbocycles. The molecule has 0 bridgehead atoms. The maximum atomic E-state index is 2.30. The van der Waals surface area contributed by atoms with Crippen molar-refractivity contribution < 1.29 is 4.58 Å². The summed E-state index contributed by atoms with van der Waals surface area (Å²) in [6.45, 7) is 0. The standard InChI is InChI=1S/C57H51N4/c1-58(2)48-36-28-44(29-37-48)56(46-32-40-54(41-33-46)60(50-18-9-5-10-19-50)51-20-11-6-12-21-51)26-17-27-57(45-30-38-49(39-31-45)59(3)4)47-34-42-55(43-35-47)61(52-22-13-7-14-23-52)53-24-15-8-16-25-53/h5-43H,1-4H3/q+1. The van der Waals surface area contributed by atoms with Gasteiger partial charge in [-0.15, -0.1) is 0 Å². The second kappa shape index (κ2) is 18.9. The quantitative estimate of drug-likeness (QED) is 0.0903. The molecular formula is C57H51N4+. The topological polar surface area (TPSA) is 12.7 Å². The minimum atomic E-state index is 1.09. The summed E-state index contributed by atoms with van der Waals surface area (Å²) in [5.41, 5.74) is 15.8. The van der Waals surface area contributed by atoms with Crippen molar-refractivity contribution in [3.63, 3.8) is 0 Å². The zero-order valence-electron chi connectivity index (χ0n) is 35.3. The highest BCUT2D eigenvalue weighted by molar-refractivity contribution is 6.03. The molecule has 8 rings (SSSR count). The fourth-order valence-electron chi connectivity index (χ4n) is 7.62. The summed E-state index contributed by atoms with van der Waals surface area (Å²) in [6, 6.07) is 68.8. The summed E-state index contributed by atoms with van der Waals surface area (Å²) in [6.07, 6.45) is 15.5. The van der Waals surface area contributed by atoms with Crippen LogP contribution in [0.2, 0.25) is 0 Å². The first kappa shape index (κ1) is 40.1. The van der Waals surface area contributed by atoms with Gasteiger partial charge in [-0.1, -0.05) is 127 Å². The normalized spacial score (nSPS) is 12.4. The molecule has 4 heteroatoms. The Hall–Kier alpha value is -7.69.